The minimum atomic E-state index is -0.623. The second kappa shape index (κ2) is 9.91. The summed E-state index contributed by atoms with van der Waals surface area (Å²) in [7, 11) is 0. The minimum Gasteiger partial charge on any atom is -0.449 e. The molecule has 1 aliphatic carbocycles. The highest BCUT2D eigenvalue weighted by molar-refractivity contribution is 5.82. The molecule has 1 aliphatic rings. The molecular weight excluding hydrogens is 392 g/mol. The van der Waals surface area contributed by atoms with Crippen LogP contribution in [0, 0.1) is 0 Å². The molecule has 0 aromatic heterocycles. The number of carbonyl (C=O) groups excluding carboxylic acids is 2. The first kappa shape index (κ1) is 20.6. The van der Waals surface area contributed by atoms with Crippen LogP contribution in [-0.4, -0.2) is 31.9 Å². The van der Waals surface area contributed by atoms with Crippen molar-refractivity contribution in [3.63, 3.8) is 0 Å². The SMILES string of the molecule is O=C(CNC(=O)OCC1c2ccccc2-c2ccccc21)NCOCc1ccccc1. The number of ether oxygens (including phenoxy) is 2. The fourth-order valence-electron chi connectivity index (χ4n) is 3.74. The van der Waals surface area contributed by atoms with Gasteiger partial charge in [-0.3, -0.25) is 4.79 Å². The van der Waals surface area contributed by atoms with Gasteiger partial charge in [0, 0.05) is 5.92 Å². The van der Waals surface area contributed by atoms with Gasteiger partial charge in [-0.15, -0.1) is 0 Å². The minimum absolute atomic E-state index is 0.0154. The van der Waals surface area contributed by atoms with Crippen molar-refractivity contribution >= 4 is 12.0 Å². The number of amides is 2. The van der Waals surface area contributed by atoms with E-state index < -0.39 is 6.09 Å². The first-order valence-electron chi connectivity index (χ1n) is 10.2. The summed E-state index contributed by atoms with van der Waals surface area (Å²) in [6, 6.07) is 25.9. The molecule has 0 saturated carbocycles. The highest BCUT2D eigenvalue weighted by Crippen LogP contribution is 2.44. The molecule has 6 heteroatoms. The molecule has 2 amide bonds. The van der Waals surface area contributed by atoms with E-state index in [0.717, 1.165) is 16.7 Å². The number of nitrogens with one attached hydrogen (secondary N) is 2. The van der Waals surface area contributed by atoms with Crippen molar-refractivity contribution in [3.8, 4) is 11.1 Å². The molecule has 0 spiro atoms. The Labute approximate surface area is 181 Å². The van der Waals surface area contributed by atoms with Crippen molar-refractivity contribution in [1.29, 1.82) is 0 Å². The summed E-state index contributed by atoms with van der Waals surface area (Å²) < 4.78 is 10.8. The van der Waals surface area contributed by atoms with Crippen LogP contribution in [0.2, 0.25) is 0 Å². The molecule has 3 aromatic carbocycles. The maximum atomic E-state index is 12.1. The van der Waals surface area contributed by atoms with Crippen molar-refractivity contribution in [2.45, 2.75) is 12.5 Å². The zero-order chi connectivity index (χ0) is 21.5. The Kier molecular flexibility index (Phi) is 6.59. The molecule has 0 heterocycles. The van der Waals surface area contributed by atoms with E-state index in [2.05, 4.69) is 34.9 Å². The normalized spacial score (nSPS) is 12.0. The van der Waals surface area contributed by atoms with E-state index in [9.17, 15) is 9.59 Å². The van der Waals surface area contributed by atoms with Crippen LogP contribution in [0.4, 0.5) is 4.79 Å². The monoisotopic (exact) mass is 416 g/mol. The van der Waals surface area contributed by atoms with Crippen molar-refractivity contribution in [2.75, 3.05) is 19.9 Å². The zero-order valence-corrected chi connectivity index (χ0v) is 17.0. The van der Waals surface area contributed by atoms with E-state index in [4.69, 9.17) is 9.47 Å². The molecule has 0 radical (unpaired) electrons. The Morgan fingerprint density at radius 1 is 0.774 bits per heavy atom. The van der Waals surface area contributed by atoms with Crippen LogP contribution >= 0.6 is 0 Å². The van der Waals surface area contributed by atoms with Gasteiger partial charge >= 0.3 is 6.09 Å². The van der Waals surface area contributed by atoms with Gasteiger partial charge in [0.15, 0.2) is 0 Å². The summed E-state index contributed by atoms with van der Waals surface area (Å²) in [6.45, 7) is 0.508. The average Bonchev–Trinajstić information content (AvgIpc) is 3.13. The molecule has 0 saturated heterocycles. The first-order valence-corrected chi connectivity index (χ1v) is 10.2. The first-order chi connectivity index (χ1) is 15.2. The Bertz CT molecular complexity index is 1010. The number of hydrogen-bond donors (Lipinski definition) is 2. The van der Waals surface area contributed by atoms with E-state index in [1.165, 1.54) is 11.1 Å². The zero-order valence-electron chi connectivity index (χ0n) is 17.0. The van der Waals surface area contributed by atoms with Crippen molar-refractivity contribution in [1.82, 2.24) is 10.6 Å². The molecule has 4 rings (SSSR count). The van der Waals surface area contributed by atoms with E-state index in [0.29, 0.717) is 6.61 Å². The van der Waals surface area contributed by atoms with Gasteiger partial charge in [0.05, 0.1) is 6.61 Å². The highest BCUT2D eigenvalue weighted by atomic mass is 16.5. The smallest absolute Gasteiger partial charge is 0.407 e. The number of hydrogen-bond acceptors (Lipinski definition) is 4. The van der Waals surface area contributed by atoms with E-state index >= 15 is 0 Å². The number of rotatable bonds is 8. The largest absolute Gasteiger partial charge is 0.449 e. The number of carbonyl (C=O) groups is 2. The fraction of sp³-hybridized carbons (Fsp3) is 0.200. The molecule has 2 N–H and O–H groups in total. The molecule has 6 nitrogen and oxygen atoms in total. The van der Waals surface area contributed by atoms with E-state index in [1.54, 1.807) is 0 Å². The average molecular weight is 416 g/mol. The number of benzene rings is 3. The van der Waals surface area contributed by atoms with Crippen LogP contribution in [-0.2, 0) is 20.9 Å². The molecule has 3 aromatic rings. The van der Waals surface area contributed by atoms with Gasteiger partial charge in [0.25, 0.3) is 0 Å². The Balaban J connectivity index is 1.20. The van der Waals surface area contributed by atoms with Gasteiger partial charge in [-0.25, -0.2) is 4.79 Å². The Morgan fingerprint density at radius 3 is 2.06 bits per heavy atom. The van der Waals surface area contributed by atoms with Gasteiger partial charge in [-0.05, 0) is 27.8 Å². The molecule has 0 unspecified atom stereocenters. The van der Waals surface area contributed by atoms with Crippen LogP contribution in [0.5, 0.6) is 0 Å². The number of fused-ring (bicyclic) bond motifs is 3. The van der Waals surface area contributed by atoms with Crippen LogP contribution in [0.3, 0.4) is 0 Å². The summed E-state index contributed by atoms with van der Waals surface area (Å²) in [4.78, 5) is 24.0. The lowest BCUT2D eigenvalue weighted by Crippen LogP contribution is -2.38. The fourth-order valence-corrected chi connectivity index (χ4v) is 3.74. The predicted molar refractivity (Wildman–Crippen MR) is 117 cm³/mol. The molecule has 0 bridgehead atoms. The lowest BCUT2D eigenvalue weighted by molar-refractivity contribution is -0.122. The molecule has 31 heavy (non-hydrogen) atoms. The third-order valence-corrected chi connectivity index (χ3v) is 5.22. The summed E-state index contributed by atoms with van der Waals surface area (Å²) in [5.41, 5.74) is 5.65. The number of alkyl carbamates (subject to hydrolysis) is 1. The quantitative estimate of drug-likeness (QED) is 0.432. The summed E-state index contributed by atoms with van der Waals surface area (Å²) >= 11 is 0. The van der Waals surface area contributed by atoms with Gasteiger partial charge < -0.3 is 20.1 Å². The molecule has 158 valence electrons. The van der Waals surface area contributed by atoms with Crippen LogP contribution in [0.25, 0.3) is 11.1 Å². The summed E-state index contributed by atoms with van der Waals surface area (Å²) in [5.74, 6) is -0.361. The second-order valence-corrected chi connectivity index (χ2v) is 7.26. The third kappa shape index (κ3) is 5.10. The van der Waals surface area contributed by atoms with E-state index in [-0.39, 0.29) is 31.7 Å². The third-order valence-electron chi connectivity index (χ3n) is 5.22. The van der Waals surface area contributed by atoms with Gasteiger partial charge in [0.2, 0.25) is 5.91 Å². The molecule has 0 aliphatic heterocycles. The summed E-state index contributed by atoms with van der Waals surface area (Å²) in [6.07, 6.45) is -0.623. The van der Waals surface area contributed by atoms with Crippen LogP contribution < -0.4 is 10.6 Å². The van der Waals surface area contributed by atoms with Crippen molar-refractivity contribution in [2.24, 2.45) is 0 Å². The topological polar surface area (TPSA) is 76.7 Å². The lowest BCUT2D eigenvalue weighted by atomic mass is 9.98. The second-order valence-electron chi connectivity index (χ2n) is 7.26. The maximum Gasteiger partial charge on any atom is 0.407 e. The molecular formula is C25H24N2O4. The highest BCUT2D eigenvalue weighted by Gasteiger charge is 2.28. The van der Waals surface area contributed by atoms with Crippen LogP contribution in [0.1, 0.15) is 22.6 Å². The van der Waals surface area contributed by atoms with Crippen molar-refractivity contribution < 1.29 is 19.1 Å². The van der Waals surface area contributed by atoms with Crippen molar-refractivity contribution in [3.05, 3.63) is 95.6 Å². The lowest BCUT2D eigenvalue weighted by Gasteiger charge is -2.14. The Hall–Kier alpha value is -3.64. The van der Waals surface area contributed by atoms with Gasteiger partial charge in [-0.2, -0.15) is 0 Å². The van der Waals surface area contributed by atoms with Crippen LogP contribution in [0.15, 0.2) is 78.9 Å². The van der Waals surface area contributed by atoms with Gasteiger partial charge in [-0.1, -0.05) is 78.9 Å². The van der Waals surface area contributed by atoms with E-state index in [1.807, 2.05) is 54.6 Å². The molecule has 0 fully saturated rings. The van der Waals surface area contributed by atoms with Gasteiger partial charge in [0.1, 0.15) is 19.9 Å². The molecule has 0 atom stereocenters. The summed E-state index contributed by atoms with van der Waals surface area (Å²) in [5, 5.41) is 5.08. The maximum absolute atomic E-state index is 12.1. The standard InChI is InChI=1S/C25H24N2O4/c28-24(27-17-30-15-18-8-2-1-3-9-18)14-26-25(29)31-16-23-21-12-6-4-10-19(21)20-11-5-7-13-22(20)23/h1-13,23H,14-17H2,(H,26,29)(H,27,28). The predicted octanol–water partition coefficient (Wildman–Crippen LogP) is 3.82. The Morgan fingerprint density at radius 2 is 1.39 bits per heavy atom.